The summed E-state index contributed by atoms with van der Waals surface area (Å²) in [5.74, 6) is -0.726. The van der Waals surface area contributed by atoms with Crippen LogP contribution in [0.3, 0.4) is 0 Å². The Balaban J connectivity index is 1.94. The number of rotatable bonds is 4. The van der Waals surface area contributed by atoms with Gasteiger partial charge < -0.3 is 14.8 Å². The molecule has 1 unspecified atom stereocenters. The second-order valence-corrected chi connectivity index (χ2v) is 8.17. The maximum Gasteiger partial charge on any atom is 0.339 e. The fourth-order valence-electron chi connectivity index (χ4n) is 3.44. The van der Waals surface area contributed by atoms with Crippen LogP contribution in [0.15, 0.2) is 42.5 Å². The third-order valence-electron chi connectivity index (χ3n) is 4.92. The van der Waals surface area contributed by atoms with E-state index in [1.54, 1.807) is 37.3 Å². The maximum atomic E-state index is 13.0. The van der Waals surface area contributed by atoms with Crippen LogP contribution in [0.5, 0.6) is 5.75 Å². The maximum absolute atomic E-state index is 13.0. The fourth-order valence-corrected chi connectivity index (χ4v) is 3.44. The van der Waals surface area contributed by atoms with E-state index in [2.05, 4.69) is 5.32 Å². The van der Waals surface area contributed by atoms with Crippen molar-refractivity contribution in [2.24, 2.45) is 0 Å². The first kappa shape index (κ1) is 21.4. The monoisotopic (exact) mass is 410 g/mol. The minimum absolute atomic E-state index is 0.206. The second-order valence-electron chi connectivity index (χ2n) is 8.17. The lowest BCUT2D eigenvalue weighted by Crippen LogP contribution is -2.47. The quantitative estimate of drug-likeness (QED) is 0.780. The first-order valence-corrected chi connectivity index (χ1v) is 9.72. The Morgan fingerprint density at radius 2 is 1.83 bits per heavy atom. The van der Waals surface area contributed by atoms with E-state index in [4.69, 9.17) is 9.47 Å². The number of nitrogens with zero attached hydrogens (tertiary/aromatic N) is 1. The number of hydrogen-bond acceptors (Lipinski definition) is 5. The van der Waals surface area contributed by atoms with Crippen molar-refractivity contribution < 1.29 is 23.9 Å². The molecule has 0 aromatic heterocycles. The van der Waals surface area contributed by atoms with Crippen LogP contribution in [0.2, 0.25) is 0 Å². The number of carbonyl (C=O) groups is 3. The molecule has 2 amide bonds. The van der Waals surface area contributed by atoms with Gasteiger partial charge >= 0.3 is 5.97 Å². The van der Waals surface area contributed by atoms with Gasteiger partial charge in [-0.05, 0) is 36.1 Å². The van der Waals surface area contributed by atoms with Gasteiger partial charge in [0.1, 0.15) is 12.3 Å². The molecule has 1 heterocycles. The molecular formula is C23H26N2O5. The van der Waals surface area contributed by atoms with Gasteiger partial charge in [0, 0.05) is 0 Å². The molecule has 2 aromatic carbocycles. The number of amides is 2. The average Bonchev–Trinajstić information content (AvgIpc) is 2.70. The minimum atomic E-state index is -0.694. The highest BCUT2D eigenvalue weighted by atomic mass is 16.5. The van der Waals surface area contributed by atoms with Crippen LogP contribution in [0, 0.1) is 0 Å². The Labute approximate surface area is 176 Å². The summed E-state index contributed by atoms with van der Waals surface area (Å²) in [4.78, 5) is 39.3. The molecule has 1 aliphatic rings. The summed E-state index contributed by atoms with van der Waals surface area (Å²) in [5, 5.41) is 2.84. The molecular weight excluding hydrogens is 384 g/mol. The lowest BCUT2D eigenvalue weighted by atomic mass is 9.84. The average molecular weight is 410 g/mol. The number of nitrogens with one attached hydrogen (secondary N) is 1. The molecule has 158 valence electrons. The standard InChI is InChI=1S/C23H26N2O5/c1-14-21(27)25(17-11-6-7-12-18(17)30-14)13-19(26)24-20-15(22(28)29-5)9-8-10-16(20)23(2,3)4/h6-12,14H,13H2,1-5H3,(H,24,26). The van der Waals surface area contributed by atoms with Crippen molar-refractivity contribution in [1.82, 2.24) is 0 Å². The third kappa shape index (κ3) is 4.15. The molecule has 0 radical (unpaired) electrons. The van der Waals surface area contributed by atoms with Crippen LogP contribution >= 0.6 is 0 Å². The van der Waals surface area contributed by atoms with Gasteiger partial charge in [-0.1, -0.05) is 45.0 Å². The number of carbonyl (C=O) groups excluding carboxylic acids is 3. The molecule has 1 atom stereocenters. The fraction of sp³-hybridized carbons (Fsp3) is 0.348. The molecule has 0 saturated carbocycles. The predicted octanol–water partition coefficient (Wildman–Crippen LogP) is 3.52. The van der Waals surface area contributed by atoms with Gasteiger partial charge in [-0.3, -0.25) is 14.5 Å². The van der Waals surface area contributed by atoms with Crippen LogP contribution in [-0.4, -0.2) is 37.5 Å². The van der Waals surface area contributed by atoms with E-state index in [1.807, 2.05) is 32.9 Å². The summed E-state index contributed by atoms with van der Waals surface area (Å²) in [6.45, 7) is 7.41. The Kier molecular flexibility index (Phi) is 5.82. The Hall–Kier alpha value is -3.35. The lowest BCUT2D eigenvalue weighted by Gasteiger charge is -2.32. The van der Waals surface area contributed by atoms with Crippen molar-refractivity contribution in [2.75, 3.05) is 23.9 Å². The van der Waals surface area contributed by atoms with Crippen LogP contribution in [0.25, 0.3) is 0 Å². The molecule has 7 heteroatoms. The Morgan fingerprint density at radius 1 is 1.13 bits per heavy atom. The summed E-state index contributed by atoms with van der Waals surface area (Å²) in [6, 6.07) is 12.3. The summed E-state index contributed by atoms with van der Waals surface area (Å²) in [6.07, 6.45) is -0.694. The SMILES string of the molecule is COC(=O)c1cccc(C(C)(C)C)c1NC(=O)CN1C(=O)C(C)Oc2ccccc21. The third-order valence-corrected chi connectivity index (χ3v) is 4.92. The van der Waals surface area contributed by atoms with Crippen LogP contribution in [0.1, 0.15) is 43.6 Å². The minimum Gasteiger partial charge on any atom is -0.479 e. The highest BCUT2D eigenvalue weighted by molar-refractivity contribution is 6.08. The normalized spacial score (nSPS) is 15.8. The molecule has 7 nitrogen and oxygen atoms in total. The van der Waals surface area contributed by atoms with Crippen LogP contribution < -0.4 is 15.0 Å². The lowest BCUT2D eigenvalue weighted by molar-refractivity contribution is -0.127. The highest BCUT2D eigenvalue weighted by Gasteiger charge is 2.33. The van der Waals surface area contributed by atoms with Gasteiger partial charge in [-0.15, -0.1) is 0 Å². The Bertz CT molecular complexity index is 993. The van der Waals surface area contributed by atoms with Crippen molar-refractivity contribution in [3.05, 3.63) is 53.6 Å². The summed E-state index contributed by atoms with van der Waals surface area (Å²) >= 11 is 0. The number of hydrogen-bond donors (Lipinski definition) is 1. The second kappa shape index (κ2) is 8.18. The number of para-hydroxylation sites is 3. The van der Waals surface area contributed by atoms with Crippen molar-refractivity contribution >= 4 is 29.2 Å². The van der Waals surface area contributed by atoms with E-state index >= 15 is 0 Å². The molecule has 0 fully saturated rings. The zero-order valence-corrected chi connectivity index (χ0v) is 17.8. The van der Waals surface area contributed by atoms with E-state index < -0.39 is 18.0 Å². The van der Waals surface area contributed by atoms with Crippen LogP contribution in [0.4, 0.5) is 11.4 Å². The highest BCUT2D eigenvalue weighted by Crippen LogP contribution is 2.35. The number of benzene rings is 2. The van der Waals surface area contributed by atoms with Gasteiger partial charge in [0.15, 0.2) is 6.10 Å². The summed E-state index contributed by atoms with van der Waals surface area (Å²) < 4.78 is 10.5. The van der Waals surface area contributed by atoms with Crippen molar-refractivity contribution in [2.45, 2.75) is 39.2 Å². The number of fused-ring (bicyclic) bond motifs is 1. The number of ether oxygens (including phenoxy) is 2. The van der Waals surface area contributed by atoms with Gasteiger partial charge in [0.2, 0.25) is 5.91 Å². The van der Waals surface area contributed by atoms with E-state index in [1.165, 1.54) is 12.0 Å². The smallest absolute Gasteiger partial charge is 0.339 e. The molecule has 30 heavy (non-hydrogen) atoms. The number of esters is 1. The van der Waals surface area contributed by atoms with E-state index in [0.717, 1.165) is 5.56 Å². The van der Waals surface area contributed by atoms with E-state index in [9.17, 15) is 14.4 Å². The predicted molar refractivity (Wildman–Crippen MR) is 114 cm³/mol. The zero-order valence-electron chi connectivity index (χ0n) is 17.8. The van der Waals surface area contributed by atoms with Crippen molar-refractivity contribution in [3.63, 3.8) is 0 Å². The van der Waals surface area contributed by atoms with Gasteiger partial charge in [-0.2, -0.15) is 0 Å². The summed E-state index contributed by atoms with van der Waals surface area (Å²) in [7, 11) is 1.29. The number of anilines is 2. The topological polar surface area (TPSA) is 84.9 Å². The molecule has 2 aromatic rings. The molecule has 0 saturated heterocycles. The van der Waals surface area contributed by atoms with Crippen molar-refractivity contribution in [1.29, 1.82) is 0 Å². The van der Waals surface area contributed by atoms with E-state index in [-0.39, 0.29) is 23.4 Å². The molecule has 0 spiro atoms. The van der Waals surface area contributed by atoms with Gasteiger partial charge in [0.25, 0.3) is 5.91 Å². The van der Waals surface area contributed by atoms with Gasteiger partial charge in [-0.25, -0.2) is 4.79 Å². The zero-order chi connectivity index (χ0) is 22.1. The molecule has 3 rings (SSSR count). The largest absolute Gasteiger partial charge is 0.479 e. The first-order chi connectivity index (χ1) is 14.1. The van der Waals surface area contributed by atoms with Crippen LogP contribution in [-0.2, 0) is 19.7 Å². The first-order valence-electron chi connectivity index (χ1n) is 9.72. The molecule has 1 aliphatic heterocycles. The molecule has 0 aliphatic carbocycles. The van der Waals surface area contributed by atoms with E-state index in [0.29, 0.717) is 17.1 Å². The summed E-state index contributed by atoms with van der Waals surface area (Å²) in [5.41, 5.74) is 1.65. The van der Waals surface area contributed by atoms with Gasteiger partial charge in [0.05, 0.1) is 24.0 Å². The molecule has 0 bridgehead atoms. The Morgan fingerprint density at radius 3 is 2.50 bits per heavy atom. The van der Waals surface area contributed by atoms with Crippen molar-refractivity contribution in [3.8, 4) is 5.75 Å². The number of methoxy groups -OCH3 is 1. The molecule has 1 N–H and O–H groups in total.